The van der Waals surface area contributed by atoms with Gasteiger partial charge < -0.3 is 25.0 Å². The van der Waals surface area contributed by atoms with E-state index >= 15 is 0 Å². The first-order valence-corrected chi connectivity index (χ1v) is 15.1. The largest absolute Gasteiger partial charge is 0.492 e. The molecule has 0 aliphatic carbocycles. The molecule has 9 nitrogen and oxygen atoms in total. The van der Waals surface area contributed by atoms with Crippen molar-refractivity contribution < 1.29 is 9.47 Å². The summed E-state index contributed by atoms with van der Waals surface area (Å²) in [5.41, 5.74) is 8.47. The number of likely N-dealkylation sites (N-methyl/N-ethyl adjacent to an activating group) is 2. The first-order valence-electron chi connectivity index (χ1n) is 15.1. The van der Waals surface area contributed by atoms with E-state index in [-0.39, 0.29) is 17.8 Å². The fraction of sp³-hybridized carbons (Fsp3) is 0.429. The average Bonchev–Trinajstić information content (AvgIpc) is 3.43. The minimum Gasteiger partial charge on any atom is -0.492 e. The number of hydrogen-bond donors (Lipinski definition) is 1. The molecular weight excluding hydrogens is 552 g/mol. The van der Waals surface area contributed by atoms with Crippen molar-refractivity contribution in [2.24, 2.45) is 5.73 Å². The lowest BCUT2D eigenvalue weighted by Gasteiger charge is -2.33. The summed E-state index contributed by atoms with van der Waals surface area (Å²) in [5.74, 6) is 0.528. The van der Waals surface area contributed by atoms with Crippen molar-refractivity contribution in [3.63, 3.8) is 0 Å². The number of ether oxygens (including phenoxy) is 2. The molecule has 0 bridgehead atoms. The molecule has 44 heavy (non-hydrogen) atoms. The third-order valence-corrected chi connectivity index (χ3v) is 7.80. The number of allylic oxidation sites excluding steroid dienone is 5. The van der Waals surface area contributed by atoms with E-state index in [4.69, 9.17) is 15.2 Å². The summed E-state index contributed by atoms with van der Waals surface area (Å²) in [7, 11) is 3.94. The summed E-state index contributed by atoms with van der Waals surface area (Å²) in [6.45, 7) is 26.6. The van der Waals surface area contributed by atoms with Crippen molar-refractivity contribution in [1.29, 1.82) is 0 Å². The maximum Gasteiger partial charge on any atom is 0.350 e. The molecule has 2 aromatic rings. The molecule has 0 fully saturated rings. The van der Waals surface area contributed by atoms with Crippen molar-refractivity contribution in [3.05, 3.63) is 120 Å². The van der Waals surface area contributed by atoms with E-state index in [0.29, 0.717) is 37.7 Å². The van der Waals surface area contributed by atoms with Crippen LogP contribution in [0.5, 0.6) is 0 Å². The molecule has 240 valence electrons. The molecule has 1 aromatic heterocycles. The summed E-state index contributed by atoms with van der Waals surface area (Å²) in [6, 6.07) is 10.0. The van der Waals surface area contributed by atoms with E-state index in [1.165, 1.54) is 15.6 Å². The van der Waals surface area contributed by atoms with Gasteiger partial charge in [-0.2, -0.15) is 5.10 Å². The smallest absolute Gasteiger partial charge is 0.350 e. The molecule has 3 atom stereocenters. The van der Waals surface area contributed by atoms with Gasteiger partial charge >= 0.3 is 5.69 Å². The van der Waals surface area contributed by atoms with Gasteiger partial charge in [0.1, 0.15) is 24.3 Å². The second kappa shape index (κ2) is 17.3. The van der Waals surface area contributed by atoms with Gasteiger partial charge in [0.25, 0.3) is 0 Å². The van der Waals surface area contributed by atoms with Gasteiger partial charge in [-0.3, -0.25) is 4.57 Å². The molecule has 0 aliphatic heterocycles. The lowest BCUT2D eigenvalue weighted by Crippen LogP contribution is -2.39. The Kier molecular flexibility index (Phi) is 14.2. The van der Waals surface area contributed by atoms with Crippen molar-refractivity contribution >= 4 is 5.70 Å². The van der Waals surface area contributed by atoms with E-state index < -0.39 is 5.60 Å². The van der Waals surface area contributed by atoms with Crippen LogP contribution in [-0.2, 0) is 15.1 Å². The van der Waals surface area contributed by atoms with Crippen molar-refractivity contribution in [2.75, 3.05) is 40.3 Å². The highest BCUT2D eigenvalue weighted by Crippen LogP contribution is 2.27. The Labute approximate surface area is 263 Å². The molecule has 1 aromatic carbocycles. The SMILES string of the molecule is C=C(/C=C\C(=C)N(C)CCN(C)C(=C)/C=C\C(=C)n1cnn(C(C)CC)c1=O)OC[C@@H](CC)O[C@@](C)(CN)c1ccccc1. The van der Waals surface area contributed by atoms with Crippen LogP contribution in [0.2, 0.25) is 0 Å². The highest BCUT2D eigenvalue weighted by atomic mass is 16.5. The quantitative estimate of drug-likeness (QED) is 0.153. The van der Waals surface area contributed by atoms with Crippen LogP contribution in [0.15, 0.2) is 109 Å². The molecule has 0 radical (unpaired) electrons. The van der Waals surface area contributed by atoms with E-state index in [9.17, 15) is 4.79 Å². The van der Waals surface area contributed by atoms with Crippen molar-refractivity contribution in [1.82, 2.24) is 24.1 Å². The van der Waals surface area contributed by atoms with E-state index in [0.717, 1.165) is 29.8 Å². The molecular formula is C35H52N6O3. The Morgan fingerprint density at radius 2 is 1.59 bits per heavy atom. The number of aromatic nitrogens is 3. The molecule has 1 heterocycles. The zero-order valence-corrected chi connectivity index (χ0v) is 27.5. The lowest BCUT2D eigenvalue weighted by molar-refractivity contribution is -0.104. The molecule has 0 aliphatic rings. The predicted molar refractivity (Wildman–Crippen MR) is 182 cm³/mol. The van der Waals surface area contributed by atoms with Gasteiger partial charge in [-0.25, -0.2) is 9.48 Å². The number of rotatable bonds is 20. The fourth-order valence-electron chi connectivity index (χ4n) is 4.17. The van der Waals surface area contributed by atoms with Crippen LogP contribution in [0.4, 0.5) is 0 Å². The second-order valence-corrected chi connectivity index (χ2v) is 11.2. The first-order chi connectivity index (χ1) is 20.9. The molecule has 9 heteroatoms. The summed E-state index contributed by atoms with van der Waals surface area (Å²) in [4.78, 5) is 16.7. The van der Waals surface area contributed by atoms with Gasteiger partial charge in [0, 0.05) is 50.8 Å². The highest BCUT2D eigenvalue weighted by Gasteiger charge is 2.29. The minimum atomic E-state index is -0.599. The summed E-state index contributed by atoms with van der Waals surface area (Å²) >= 11 is 0. The third kappa shape index (κ3) is 10.3. The Morgan fingerprint density at radius 3 is 2.14 bits per heavy atom. The highest BCUT2D eigenvalue weighted by molar-refractivity contribution is 5.54. The maximum atomic E-state index is 12.6. The van der Waals surface area contributed by atoms with Crippen molar-refractivity contribution in [2.45, 2.75) is 58.3 Å². The summed E-state index contributed by atoms with van der Waals surface area (Å²) in [6.07, 6.45) is 10.3. The molecule has 0 spiro atoms. The number of nitrogens with two attached hydrogens (primary N) is 1. The van der Waals surface area contributed by atoms with E-state index in [1.807, 2.05) is 93.2 Å². The number of benzene rings is 1. The molecule has 0 amide bonds. The zero-order valence-electron chi connectivity index (χ0n) is 27.5. The van der Waals surface area contributed by atoms with Gasteiger partial charge in [-0.15, -0.1) is 0 Å². The van der Waals surface area contributed by atoms with Gasteiger partial charge in [0.2, 0.25) is 0 Å². The topological polar surface area (TPSA) is 90.8 Å². The van der Waals surface area contributed by atoms with Crippen LogP contribution in [-0.4, -0.2) is 70.6 Å². The van der Waals surface area contributed by atoms with Gasteiger partial charge in [-0.1, -0.05) is 70.5 Å². The Balaban J connectivity index is 1.82. The van der Waals surface area contributed by atoms with Gasteiger partial charge in [0.15, 0.2) is 0 Å². The molecule has 2 N–H and O–H groups in total. The number of hydrogen-bond acceptors (Lipinski definition) is 7. The molecule has 2 rings (SSSR count). The Morgan fingerprint density at radius 1 is 1.00 bits per heavy atom. The van der Waals surface area contributed by atoms with Crippen LogP contribution < -0.4 is 11.4 Å². The van der Waals surface area contributed by atoms with E-state index in [1.54, 1.807) is 6.08 Å². The second-order valence-electron chi connectivity index (χ2n) is 11.2. The van der Waals surface area contributed by atoms with E-state index in [2.05, 4.69) is 38.3 Å². The van der Waals surface area contributed by atoms with Crippen LogP contribution in [0, 0.1) is 0 Å². The first kappa shape index (κ1) is 36.1. The molecule has 0 saturated carbocycles. The normalized spacial score (nSPS) is 14.2. The van der Waals surface area contributed by atoms with Crippen LogP contribution >= 0.6 is 0 Å². The van der Waals surface area contributed by atoms with Gasteiger partial charge in [0.05, 0.1) is 12.1 Å². The predicted octanol–water partition coefficient (Wildman–Crippen LogP) is 5.69. The van der Waals surface area contributed by atoms with Gasteiger partial charge in [-0.05, 0) is 56.6 Å². The maximum absolute atomic E-state index is 12.6. The lowest BCUT2D eigenvalue weighted by atomic mass is 9.95. The van der Waals surface area contributed by atoms with Crippen LogP contribution in [0.1, 0.15) is 52.1 Å². The minimum absolute atomic E-state index is 0.0281. The number of nitrogens with zero attached hydrogens (tertiary/aromatic N) is 5. The Hall–Kier alpha value is -4.08. The van der Waals surface area contributed by atoms with Crippen molar-refractivity contribution in [3.8, 4) is 0 Å². The monoisotopic (exact) mass is 604 g/mol. The summed E-state index contributed by atoms with van der Waals surface area (Å²) in [5, 5.41) is 4.21. The third-order valence-electron chi connectivity index (χ3n) is 7.80. The van der Waals surface area contributed by atoms with Crippen LogP contribution in [0.25, 0.3) is 5.70 Å². The van der Waals surface area contributed by atoms with Crippen LogP contribution in [0.3, 0.4) is 0 Å². The molecule has 0 saturated heterocycles. The standard InChI is InChI=1S/C35H52N6O3/c1-11-27(3)41-34(42)40(26-37-41)30(6)19-18-28(4)38(9)22-23-39(10)29(5)20-21-31(7)43-24-33(12-2)44-35(8,25-36)32-16-14-13-15-17-32/h13-21,26-27,33H,4-7,11-12,22-25,36H2,1-3,8-10H3/b19-18-,21-20-/t27?,33-,35+/m1/s1. The zero-order chi connectivity index (χ0) is 32.9. The molecule has 1 unspecified atom stereocenters. The fourth-order valence-corrected chi connectivity index (χ4v) is 4.17. The summed E-state index contributed by atoms with van der Waals surface area (Å²) < 4.78 is 15.2. The Bertz CT molecular complexity index is 1370. The average molecular weight is 605 g/mol.